The molecule has 3 nitrogen and oxygen atoms in total. The summed E-state index contributed by atoms with van der Waals surface area (Å²) in [4.78, 5) is 11.2. The van der Waals surface area contributed by atoms with Crippen LogP contribution in [-0.4, -0.2) is 11.1 Å². The molecule has 1 aliphatic heterocycles. The van der Waals surface area contributed by atoms with E-state index in [1.807, 2.05) is 24.3 Å². The lowest BCUT2D eigenvalue weighted by Crippen LogP contribution is -2.29. The molecule has 0 aromatic heterocycles. The largest absolute Gasteiger partial charge is 0.478 e. The first-order chi connectivity index (χ1) is 11.1. The molecule has 0 fully saturated rings. The molecule has 2 aromatic carbocycles. The van der Waals surface area contributed by atoms with Crippen LogP contribution >= 0.6 is 11.6 Å². The van der Waals surface area contributed by atoms with Crippen molar-refractivity contribution in [2.24, 2.45) is 5.92 Å². The number of carbonyl (C=O) groups is 1. The molecule has 0 bridgehead atoms. The third-order valence-corrected chi connectivity index (χ3v) is 5.05. The van der Waals surface area contributed by atoms with Gasteiger partial charge in [-0.2, -0.15) is 0 Å². The molecule has 4 heteroatoms. The van der Waals surface area contributed by atoms with Crippen LogP contribution in [0.3, 0.4) is 0 Å². The Kier molecular flexibility index (Phi) is 3.38. The number of fused-ring (bicyclic) bond motifs is 3. The zero-order valence-corrected chi connectivity index (χ0v) is 13.1. The maximum Gasteiger partial charge on any atom is 0.335 e. The van der Waals surface area contributed by atoms with Gasteiger partial charge < -0.3 is 10.4 Å². The number of nitrogens with one attached hydrogen (secondary N) is 1. The highest BCUT2D eigenvalue weighted by Crippen LogP contribution is 2.50. The summed E-state index contributed by atoms with van der Waals surface area (Å²) in [5.74, 6) is -0.261. The highest BCUT2D eigenvalue weighted by Gasteiger charge is 2.38. The number of hydrogen-bond acceptors (Lipinski definition) is 2. The normalized spacial score (nSPS) is 24.7. The second-order valence-electron chi connectivity index (χ2n) is 6.14. The number of halogens is 1. The first-order valence-corrected chi connectivity index (χ1v) is 8.07. The average molecular weight is 326 g/mol. The number of anilines is 1. The first kappa shape index (κ1) is 14.3. The Morgan fingerprint density at radius 3 is 2.87 bits per heavy atom. The highest BCUT2D eigenvalue weighted by atomic mass is 35.5. The predicted octanol–water partition coefficient (Wildman–Crippen LogP) is 4.86. The Morgan fingerprint density at radius 2 is 2.09 bits per heavy atom. The molecule has 2 aromatic rings. The third-order valence-electron chi connectivity index (χ3n) is 4.82. The fourth-order valence-electron chi connectivity index (χ4n) is 3.76. The van der Waals surface area contributed by atoms with Gasteiger partial charge in [-0.3, -0.25) is 0 Å². The minimum absolute atomic E-state index is 0.178. The lowest BCUT2D eigenvalue weighted by atomic mass is 9.76. The van der Waals surface area contributed by atoms with Gasteiger partial charge in [0.1, 0.15) is 0 Å². The molecule has 0 radical (unpaired) electrons. The van der Waals surface area contributed by atoms with Gasteiger partial charge in [-0.1, -0.05) is 35.9 Å². The van der Waals surface area contributed by atoms with Crippen molar-refractivity contribution in [2.75, 3.05) is 5.32 Å². The molecule has 1 heterocycles. The summed E-state index contributed by atoms with van der Waals surface area (Å²) in [5.41, 5.74) is 3.59. The van der Waals surface area contributed by atoms with Gasteiger partial charge in [-0.15, -0.1) is 0 Å². The summed E-state index contributed by atoms with van der Waals surface area (Å²) >= 11 is 6.15. The van der Waals surface area contributed by atoms with Crippen molar-refractivity contribution in [2.45, 2.75) is 18.4 Å². The molecule has 3 atom stereocenters. The SMILES string of the molecule is O=C(O)c1ccc2c(c1)[C@H]1C=CC[C@@H]1[C@@H](c1cccc(Cl)c1)N2. The van der Waals surface area contributed by atoms with Crippen molar-refractivity contribution in [3.8, 4) is 0 Å². The van der Waals surface area contributed by atoms with Crippen LogP contribution in [0.25, 0.3) is 0 Å². The van der Waals surface area contributed by atoms with Crippen molar-refractivity contribution in [3.05, 3.63) is 76.3 Å². The Labute approximate surface area is 139 Å². The van der Waals surface area contributed by atoms with Crippen LogP contribution in [0, 0.1) is 5.92 Å². The maximum absolute atomic E-state index is 11.2. The Bertz CT molecular complexity index is 815. The fourth-order valence-corrected chi connectivity index (χ4v) is 3.96. The highest BCUT2D eigenvalue weighted by molar-refractivity contribution is 6.30. The summed E-state index contributed by atoms with van der Waals surface area (Å²) in [6, 6.07) is 13.5. The van der Waals surface area contributed by atoms with Crippen LogP contribution in [-0.2, 0) is 0 Å². The number of benzene rings is 2. The van der Waals surface area contributed by atoms with Gasteiger partial charge in [0.05, 0.1) is 11.6 Å². The zero-order valence-electron chi connectivity index (χ0n) is 12.4. The molecule has 0 spiro atoms. The van der Waals surface area contributed by atoms with E-state index < -0.39 is 5.97 Å². The van der Waals surface area contributed by atoms with E-state index in [1.54, 1.807) is 12.1 Å². The third kappa shape index (κ3) is 2.41. The second kappa shape index (κ2) is 5.43. The molecule has 2 N–H and O–H groups in total. The van der Waals surface area contributed by atoms with E-state index in [-0.39, 0.29) is 12.0 Å². The van der Waals surface area contributed by atoms with E-state index in [2.05, 4.69) is 23.5 Å². The molecule has 0 saturated heterocycles. The summed E-state index contributed by atoms with van der Waals surface area (Å²) in [6.45, 7) is 0. The molecule has 2 aliphatic rings. The van der Waals surface area contributed by atoms with E-state index in [9.17, 15) is 9.90 Å². The fraction of sp³-hybridized carbons (Fsp3) is 0.211. The van der Waals surface area contributed by atoms with Crippen molar-refractivity contribution in [3.63, 3.8) is 0 Å². The van der Waals surface area contributed by atoms with Gasteiger partial charge in [0.25, 0.3) is 0 Å². The van der Waals surface area contributed by atoms with Gasteiger partial charge in [-0.05, 0) is 53.8 Å². The average Bonchev–Trinajstić information content (AvgIpc) is 3.03. The van der Waals surface area contributed by atoms with Gasteiger partial charge in [0.2, 0.25) is 0 Å². The quantitative estimate of drug-likeness (QED) is 0.775. The molecule has 23 heavy (non-hydrogen) atoms. The van der Waals surface area contributed by atoms with E-state index in [1.165, 1.54) is 5.56 Å². The standard InChI is InChI=1S/C19H16ClNO2/c20-13-4-1-3-11(9-13)18-15-6-2-5-14(15)16-10-12(19(22)23)7-8-17(16)21-18/h1-5,7-10,14-15,18,21H,6H2,(H,22,23)/t14-,15-,18+/m0/s1. The number of aromatic carboxylic acids is 1. The van der Waals surface area contributed by atoms with E-state index >= 15 is 0 Å². The van der Waals surface area contributed by atoms with Crippen LogP contribution in [0.5, 0.6) is 0 Å². The Balaban J connectivity index is 1.79. The smallest absolute Gasteiger partial charge is 0.335 e. The van der Waals surface area contributed by atoms with Crippen molar-refractivity contribution in [1.82, 2.24) is 0 Å². The van der Waals surface area contributed by atoms with Gasteiger partial charge >= 0.3 is 5.97 Å². The second-order valence-corrected chi connectivity index (χ2v) is 6.57. The summed E-state index contributed by atoms with van der Waals surface area (Å²) in [6.07, 6.45) is 5.37. The number of allylic oxidation sites excluding steroid dienone is 2. The number of hydrogen-bond donors (Lipinski definition) is 2. The number of carboxylic acids is 1. The summed E-state index contributed by atoms with van der Waals surface area (Å²) in [7, 11) is 0. The van der Waals surface area contributed by atoms with Gasteiger partial charge in [0, 0.05) is 16.6 Å². The van der Waals surface area contributed by atoms with E-state index in [0.29, 0.717) is 11.5 Å². The molecule has 116 valence electrons. The van der Waals surface area contributed by atoms with Crippen molar-refractivity contribution >= 4 is 23.3 Å². The topological polar surface area (TPSA) is 49.3 Å². The first-order valence-electron chi connectivity index (χ1n) is 7.69. The van der Waals surface area contributed by atoms with Crippen LogP contribution in [0.1, 0.15) is 39.9 Å². The van der Waals surface area contributed by atoms with Crippen molar-refractivity contribution in [1.29, 1.82) is 0 Å². The van der Waals surface area contributed by atoms with Crippen LogP contribution < -0.4 is 5.32 Å². The Morgan fingerprint density at radius 1 is 1.22 bits per heavy atom. The van der Waals surface area contributed by atoms with E-state index in [0.717, 1.165) is 22.7 Å². The molecule has 0 amide bonds. The molecular formula is C19H16ClNO2. The number of rotatable bonds is 2. The Hall–Kier alpha value is -2.26. The summed E-state index contributed by atoms with van der Waals surface area (Å²) < 4.78 is 0. The molecule has 0 unspecified atom stereocenters. The number of carboxylic acid groups (broad SMARTS) is 1. The molecular weight excluding hydrogens is 310 g/mol. The molecule has 0 saturated carbocycles. The van der Waals surface area contributed by atoms with E-state index in [4.69, 9.17) is 11.6 Å². The minimum Gasteiger partial charge on any atom is -0.478 e. The van der Waals surface area contributed by atoms with Gasteiger partial charge in [0.15, 0.2) is 0 Å². The van der Waals surface area contributed by atoms with Gasteiger partial charge in [-0.25, -0.2) is 4.79 Å². The minimum atomic E-state index is -0.886. The maximum atomic E-state index is 11.2. The lowest BCUT2D eigenvalue weighted by Gasteiger charge is -2.37. The molecule has 1 aliphatic carbocycles. The molecule has 4 rings (SSSR count). The van der Waals surface area contributed by atoms with Crippen LogP contribution in [0.2, 0.25) is 5.02 Å². The van der Waals surface area contributed by atoms with Crippen molar-refractivity contribution < 1.29 is 9.90 Å². The zero-order chi connectivity index (χ0) is 16.0. The van der Waals surface area contributed by atoms with Crippen LogP contribution in [0.15, 0.2) is 54.6 Å². The van der Waals surface area contributed by atoms with Crippen LogP contribution in [0.4, 0.5) is 5.69 Å². The monoisotopic (exact) mass is 325 g/mol. The predicted molar refractivity (Wildman–Crippen MR) is 91.2 cm³/mol. The lowest BCUT2D eigenvalue weighted by molar-refractivity contribution is 0.0696. The summed E-state index contributed by atoms with van der Waals surface area (Å²) in [5, 5.41) is 13.6.